The largest absolute Gasteiger partial charge is 0.492 e. The minimum Gasteiger partial charge on any atom is -0.492 e. The van der Waals surface area contributed by atoms with E-state index in [-0.39, 0.29) is 12.0 Å². The summed E-state index contributed by atoms with van der Waals surface area (Å²) in [5, 5.41) is 15.7. The van der Waals surface area contributed by atoms with Gasteiger partial charge in [-0.3, -0.25) is 4.79 Å². The Kier molecular flexibility index (Phi) is 5.59. The van der Waals surface area contributed by atoms with Gasteiger partial charge >= 0.3 is 5.97 Å². The molecule has 0 spiro atoms. The van der Waals surface area contributed by atoms with E-state index in [2.05, 4.69) is 17.6 Å². The summed E-state index contributed by atoms with van der Waals surface area (Å²) >= 11 is 0. The Morgan fingerprint density at radius 2 is 2.19 bits per heavy atom. The number of piperidine rings is 1. The van der Waals surface area contributed by atoms with Crippen LogP contribution >= 0.6 is 0 Å². The van der Waals surface area contributed by atoms with Crippen LogP contribution in [0, 0.1) is 0 Å². The summed E-state index contributed by atoms with van der Waals surface area (Å²) < 4.78 is 5.69. The van der Waals surface area contributed by atoms with Gasteiger partial charge in [-0.2, -0.15) is 0 Å². The Morgan fingerprint density at radius 3 is 2.90 bits per heavy atom. The molecule has 0 radical (unpaired) electrons. The Hall–Kier alpha value is -1.59. The van der Waals surface area contributed by atoms with Crippen molar-refractivity contribution in [2.45, 2.75) is 31.7 Å². The SMILES string of the molecule is CC1(NCCOc2cccc(CC(=O)O)c2)CCNCC1. The number of hydrogen-bond acceptors (Lipinski definition) is 4. The monoisotopic (exact) mass is 292 g/mol. The van der Waals surface area contributed by atoms with Gasteiger partial charge in [-0.15, -0.1) is 0 Å². The molecule has 0 aromatic heterocycles. The van der Waals surface area contributed by atoms with Crippen LogP contribution in [-0.4, -0.2) is 42.9 Å². The lowest BCUT2D eigenvalue weighted by Crippen LogP contribution is -2.51. The van der Waals surface area contributed by atoms with E-state index in [1.54, 1.807) is 12.1 Å². The number of aliphatic carboxylic acids is 1. The number of ether oxygens (including phenoxy) is 1. The summed E-state index contributed by atoms with van der Waals surface area (Å²) in [6.45, 7) is 5.74. The molecule has 5 heteroatoms. The fraction of sp³-hybridized carbons (Fsp3) is 0.562. The number of nitrogens with one attached hydrogen (secondary N) is 2. The quantitative estimate of drug-likeness (QED) is 0.663. The number of rotatable bonds is 7. The van der Waals surface area contributed by atoms with E-state index in [1.165, 1.54) is 0 Å². The van der Waals surface area contributed by atoms with E-state index in [4.69, 9.17) is 9.84 Å². The van der Waals surface area contributed by atoms with Crippen LogP contribution in [0.3, 0.4) is 0 Å². The summed E-state index contributed by atoms with van der Waals surface area (Å²) in [5.74, 6) is -0.0985. The van der Waals surface area contributed by atoms with Crippen molar-refractivity contribution >= 4 is 5.97 Å². The third-order valence-corrected chi connectivity index (χ3v) is 3.88. The summed E-state index contributed by atoms with van der Waals surface area (Å²) in [4.78, 5) is 10.7. The smallest absolute Gasteiger partial charge is 0.307 e. The first-order valence-electron chi connectivity index (χ1n) is 7.47. The Morgan fingerprint density at radius 1 is 1.43 bits per heavy atom. The number of benzene rings is 1. The van der Waals surface area contributed by atoms with Gasteiger partial charge in [0.1, 0.15) is 12.4 Å². The van der Waals surface area contributed by atoms with Crippen molar-refractivity contribution in [3.05, 3.63) is 29.8 Å². The van der Waals surface area contributed by atoms with Crippen LogP contribution in [-0.2, 0) is 11.2 Å². The zero-order chi connectivity index (χ0) is 15.1. The van der Waals surface area contributed by atoms with Crippen LogP contribution in [0.5, 0.6) is 5.75 Å². The average Bonchev–Trinajstić information content (AvgIpc) is 2.44. The molecule has 0 saturated carbocycles. The van der Waals surface area contributed by atoms with Crippen LogP contribution in [0.1, 0.15) is 25.3 Å². The minimum absolute atomic E-state index is 0.0283. The zero-order valence-corrected chi connectivity index (χ0v) is 12.5. The zero-order valence-electron chi connectivity index (χ0n) is 12.5. The van der Waals surface area contributed by atoms with E-state index >= 15 is 0 Å². The number of carboxylic acid groups (broad SMARTS) is 1. The highest BCUT2D eigenvalue weighted by molar-refractivity contribution is 5.70. The third-order valence-electron chi connectivity index (χ3n) is 3.88. The lowest BCUT2D eigenvalue weighted by atomic mass is 9.91. The molecule has 0 unspecified atom stereocenters. The second kappa shape index (κ2) is 7.43. The van der Waals surface area contributed by atoms with Gasteiger partial charge in [0.15, 0.2) is 0 Å². The molecule has 21 heavy (non-hydrogen) atoms. The highest BCUT2D eigenvalue weighted by Crippen LogP contribution is 2.17. The van der Waals surface area contributed by atoms with E-state index in [9.17, 15) is 4.79 Å². The normalized spacial score (nSPS) is 17.4. The molecule has 1 aromatic rings. The molecule has 1 aliphatic heterocycles. The number of carbonyl (C=O) groups is 1. The van der Waals surface area contributed by atoms with Gasteiger partial charge in [-0.05, 0) is 50.6 Å². The molecule has 1 saturated heterocycles. The molecule has 2 rings (SSSR count). The minimum atomic E-state index is -0.826. The van der Waals surface area contributed by atoms with Crippen molar-refractivity contribution in [1.82, 2.24) is 10.6 Å². The van der Waals surface area contributed by atoms with E-state index in [0.717, 1.165) is 43.8 Å². The van der Waals surface area contributed by atoms with Gasteiger partial charge in [-0.1, -0.05) is 12.1 Å². The van der Waals surface area contributed by atoms with Crippen LogP contribution in [0.25, 0.3) is 0 Å². The van der Waals surface area contributed by atoms with E-state index < -0.39 is 5.97 Å². The molecule has 0 amide bonds. The first-order valence-corrected chi connectivity index (χ1v) is 7.47. The van der Waals surface area contributed by atoms with Crippen LogP contribution in [0.15, 0.2) is 24.3 Å². The molecule has 1 aromatic carbocycles. The maximum atomic E-state index is 10.7. The second-order valence-electron chi connectivity index (χ2n) is 5.80. The predicted octanol–water partition coefficient (Wildman–Crippen LogP) is 1.42. The molecule has 0 bridgehead atoms. The van der Waals surface area contributed by atoms with Gasteiger partial charge in [0.2, 0.25) is 0 Å². The van der Waals surface area contributed by atoms with Crippen LogP contribution in [0.4, 0.5) is 0 Å². The predicted molar refractivity (Wildman–Crippen MR) is 81.8 cm³/mol. The topological polar surface area (TPSA) is 70.6 Å². The third kappa shape index (κ3) is 5.36. The molecule has 1 fully saturated rings. The second-order valence-corrected chi connectivity index (χ2v) is 5.80. The Bertz CT molecular complexity index is 470. The van der Waals surface area contributed by atoms with Gasteiger partial charge < -0.3 is 20.5 Å². The highest BCUT2D eigenvalue weighted by Gasteiger charge is 2.25. The van der Waals surface area contributed by atoms with Crippen molar-refractivity contribution in [2.75, 3.05) is 26.2 Å². The molecule has 0 atom stereocenters. The van der Waals surface area contributed by atoms with Gasteiger partial charge in [0, 0.05) is 12.1 Å². The Labute approximate surface area is 125 Å². The van der Waals surface area contributed by atoms with Gasteiger partial charge in [0.25, 0.3) is 0 Å². The molecular formula is C16H24N2O3. The molecule has 1 heterocycles. The van der Waals surface area contributed by atoms with E-state index in [1.807, 2.05) is 12.1 Å². The lowest BCUT2D eigenvalue weighted by molar-refractivity contribution is -0.136. The van der Waals surface area contributed by atoms with Crippen molar-refractivity contribution < 1.29 is 14.6 Å². The standard InChI is InChI=1S/C16H24N2O3/c1-16(5-7-17-8-6-16)18-9-10-21-14-4-2-3-13(11-14)12-15(19)20/h2-4,11,17-18H,5-10,12H2,1H3,(H,19,20). The fourth-order valence-electron chi connectivity index (χ4n) is 2.60. The van der Waals surface area contributed by atoms with Crippen LogP contribution in [0.2, 0.25) is 0 Å². The maximum Gasteiger partial charge on any atom is 0.307 e. The first kappa shape index (κ1) is 15.8. The van der Waals surface area contributed by atoms with Gasteiger partial charge in [0.05, 0.1) is 6.42 Å². The Balaban J connectivity index is 1.74. The molecule has 116 valence electrons. The molecular weight excluding hydrogens is 268 g/mol. The summed E-state index contributed by atoms with van der Waals surface area (Å²) in [7, 11) is 0. The molecule has 0 aliphatic carbocycles. The maximum absolute atomic E-state index is 10.7. The summed E-state index contributed by atoms with van der Waals surface area (Å²) in [6.07, 6.45) is 2.28. The van der Waals surface area contributed by atoms with Crippen molar-refractivity contribution in [2.24, 2.45) is 0 Å². The molecule has 5 nitrogen and oxygen atoms in total. The number of carboxylic acids is 1. The highest BCUT2D eigenvalue weighted by atomic mass is 16.5. The fourth-order valence-corrected chi connectivity index (χ4v) is 2.60. The molecule has 3 N–H and O–H groups in total. The van der Waals surface area contributed by atoms with Crippen molar-refractivity contribution in [1.29, 1.82) is 0 Å². The van der Waals surface area contributed by atoms with Crippen molar-refractivity contribution in [3.8, 4) is 5.75 Å². The average molecular weight is 292 g/mol. The first-order chi connectivity index (χ1) is 10.1. The molecule has 1 aliphatic rings. The van der Waals surface area contributed by atoms with E-state index in [0.29, 0.717) is 6.61 Å². The van der Waals surface area contributed by atoms with Crippen molar-refractivity contribution in [3.63, 3.8) is 0 Å². The number of hydrogen-bond donors (Lipinski definition) is 3. The summed E-state index contributed by atoms with van der Waals surface area (Å²) in [5.41, 5.74) is 0.957. The lowest BCUT2D eigenvalue weighted by Gasteiger charge is -2.35. The summed E-state index contributed by atoms with van der Waals surface area (Å²) in [6, 6.07) is 7.28. The van der Waals surface area contributed by atoms with Crippen LogP contribution < -0.4 is 15.4 Å². The van der Waals surface area contributed by atoms with Gasteiger partial charge in [-0.25, -0.2) is 0 Å².